The molecule has 17 nitrogen and oxygen atoms in total. The number of carbonyl (C=O) groups is 4. The third-order valence-electron chi connectivity index (χ3n) is 16.6. The highest BCUT2D eigenvalue weighted by Crippen LogP contribution is 2.45. The maximum Gasteiger partial charge on any atom is 0.472 e. The van der Waals surface area contributed by atoms with E-state index in [9.17, 15) is 43.2 Å². The van der Waals surface area contributed by atoms with Crippen LogP contribution >= 0.6 is 15.6 Å². The van der Waals surface area contributed by atoms with Crippen LogP contribution in [0.5, 0.6) is 0 Å². The topological polar surface area (TPSA) is 237 Å². The van der Waals surface area contributed by atoms with Crippen molar-refractivity contribution in [1.82, 2.24) is 0 Å². The predicted molar refractivity (Wildman–Crippen MR) is 427 cm³/mol. The van der Waals surface area contributed by atoms with Crippen molar-refractivity contribution in [3.8, 4) is 0 Å². The van der Waals surface area contributed by atoms with Crippen LogP contribution in [0.25, 0.3) is 0 Å². The van der Waals surface area contributed by atoms with Gasteiger partial charge in [0.15, 0.2) is 12.2 Å². The van der Waals surface area contributed by atoms with Crippen LogP contribution < -0.4 is 0 Å². The molecule has 19 heteroatoms. The number of carbonyl (C=O) groups excluding carboxylic acids is 4. The molecule has 0 aliphatic rings. The molecule has 0 saturated heterocycles. The third kappa shape index (κ3) is 75.4. The van der Waals surface area contributed by atoms with E-state index in [0.717, 1.165) is 193 Å². The van der Waals surface area contributed by atoms with E-state index in [0.29, 0.717) is 32.1 Å². The van der Waals surface area contributed by atoms with E-state index < -0.39 is 97.5 Å². The third-order valence-corrected chi connectivity index (χ3v) is 18.5. The van der Waals surface area contributed by atoms with Crippen molar-refractivity contribution in [1.29, 1.82) is 0 Å². The normalized spacial score (nSPS) is 14.6. The standard InChI is InChI=1S/C85H144O17P2/c1-5-9-13-17-21-25-29-33-36-38-39-41-44-47-50-54-58-62-66-70-83(88)95-75-80(101-84(89)71-67-63-59-55-51-45-32-28-24-20-16-12-8-4)77-99-103(91,92)97-73-79(86)74-98-104(93,94)100-78-81(102-85(90)72-68-64-60-56-52-48-42-35-31-27-23-19-15-11-7-3)76-96-82(87)69-65-61-57-53-49-46-43-40-37-34-30-26-22-18-14-10-6-2/h10-11,14-15,21-23,25-28,32-37,39,41-42,52,56,79-81,86H,5-9,12-13,16-20,24,29-31,38,40,43-51,53-55,57-78H2,1-4H3,(H,91,92)(H,93,94)/b14-10-,15-11-,25-21-,26-22-,27-23-,32-28-,36-33-,37-34-,41-39-,42-35-,56-52-. The fourth-order valence-corrected chi connectivity index (χ4v) is 12.0. The minimum Gasteiger partial charge on any atom is -0.462 e. The molecule has 0 spiro atoms. The second-order valence-corrected chi connectivity index (χ2v) is 29.5. The van der Waals surface area contributed by atoms with Crippen LogP contribution in [-0.2, 0) is 65.4 Å². The maximum absolute atomic E-state index is 13.1. The smallest absolute Gasteiger partial charge is 0.462 e. The second kappa shape index (κ2) is 76.4. The van der Waals surface area contributed by atoms with Gasteiger partial charge in [-0.1, -0.05) is 271 Å². The predicted octanol–water partition coefficient (Wildman–Crippen LogP) is 23.7. The van der Waals surface area contributed by atoms with Gasteiger partial charge in [-0.15, -0.1) is 0 Å². The average molecular weight is 1500 g/mol. The molecule has 0 rings (SSSR count). The highest BCUT2D eigenvalue weighted by Gasteiger charge is 2.30. The summed E-state index contributed by atoms with van der Waals surface area (Å²) < 4.78 is 68.6. The average Bonchev–Trinajstić information content (AvgIpc) is 0.925. The minimum absolute atomic E-state index is 0.0372. The zero-order valence-corrected chi connectivity index (χ0v) is 66.9. The lowest BCUT2D eigenvalue weighted by Crippen LogP contribution is -2.30. The first-order valence-corrected chi connectivity index (χ1v) is 43.4. The largest absolute Gasteiger partial charge is 0.472 e. The number of aliphatic hydroxyl groups is 1. The van der Waals surface area contributed by atoms with Gasteiger partial charge in [0.25, 0.3) is 0 Å². The molecule has 0 heterocycles. The summed E-state index contributed by atoms with van der Waals surface area (Å²) in [5, 5.41) is 10.6. The van der Waals surface area contributed by atoms with Crippen LogP contribution in [0.2, 0.25) is 0 Å². The van der Waals surface area contributed by atoms with Crippen molar-refractivity contribution < 1.29 is 80.2 Å². The van der Waals surface area contributed by atoms with Gasteiger partial charge in [0.1, 0.15) is 19.3 Å². The maximum atomic E-state index is 13.1. The van der Waals surface area contributed by atoms with Crippen LogP contribution in [-0.4, -0.2) is 96.7 Å². The Morgan fingerprint density at radius 2 is 0.500 bits per heavy atom. The van der Waals surface area contributed by atoms with Crippen LogP contribution in [0.1, 0.15) is 323 Å². The molecule has 596 valence electrons. The van der Waals surface area contributed by atoms with Gasteiger partial charge in [-0.25, -0.2) is 9.13 Å². The van der Waals surface area contributed by atoms with Gasteiger partial charge in [-0.2, -0.15) is 0 Å². The van der Waals surface area contributed by atoms with Gasteiger partial charge in [-0.05, 0) is 161 Å². The molecule has 0 aliphatic carbocycles. The molecular formula is C85H144O17P2. The number of hydrogen-bond donors (Lipinski definition) is 3. The first-order chi connectivity index (χ1) is 50.7. The van der Waals surface area contributed by atoms with E-state index >= 15 is 0 Å². The number of rotatable bonds is 75. The summed E-state index contributed by atoms with van der Waals surface area (Å²) >= 11 is 0. The van der Waals surface area contributed by atoms with E-state index in [1.165, 1.54) is 44.9 Å². The Bertz CT molecular complexity index is 2490. The van der Waals surface area contributed by atoms with Gasteiger partial charge in [0.2, 0.25) is 0 Å². The molecule has 0 fully saturated rings. The monoisotopic (exact) mass is 1500 g/mol. The van der Waals surface area contributed by atoms with Gasteiger partial charge >= 0.3 is 39.5 Å². The molecule has 3 N–H and O–H groups in total. The van der Waals surface area contributed by atoms with E-state index in [2.05, 4.69) is 161 Å². The number of ether oxygens (including phenoxy) is 4. The summed E-state index contributed by atoms with van der Waals surface area (Å²) in [6, 6.07) is 0. The highest BCUT2D eigenvalue weighted by atomic mass is 31.2. The van der Waals surface area contributed by atoms with Crippen LogP contribution in [0.3, 0.4) is 0 Å². The van der Waals surface area contributed by atoms with Gasteiger partial charge in [0.05, 0.1) is 26.4 Å². The van der Waals surface area contributed by atoms with E-state index in [1.54, 1.807) is 0 Å². The fourth-order valence-electron chi connectivity index (χ4n) is 10.5. The Morgan fingerprint density at radius 1 is 0.279 bits per heavy atom. The van der Waals surface area contributed by atoms with E-state index in [-0.39, 0.29) is 25.7 Å². The number of aliphatic hydroxyl groups excluding tert-OH is 1. The van der Waals surface area contributed by atoms with Crippen molar-refractivity contribution in [2.45, 2.75) is 341 Å². The molecule has 104 heavy (non-hydrogen) atoms. The lowest BCUT2D eigenvalue weighted by molar-refractivity contribution is -0.161. The SMILES string of the molecule is CC/C=C\C/C=C\C/C=C\C/C=C\CCCCC(=O)OC(COC(=O)CCCCCCCCC/C=C\C/C=C\C/C=C\CC)COP(=O)(O)OCC(O)COP(=O)(O)OCC(COC(=O)CCCCCCCC/C=C\C/C=C\C/C=C\CCCCC)OC(=O)CCCCCCC/C=C\CCCCCC. The number of allylic oxidation sites excluding steroid dienone is 22. The molecule has 0 aromatic carbocycles. The molecule has 0 aliphatic heterocycles. The van der Waals surface area contributed by atoms with Crippen LogP contribution in [0.4, 0.5) is 0 Å². The Hall–Kier alpha value is -4.80. The molecular weight excluding hydrogens is 1350 g/mol. The van der Waals surface area contributed by atoms with Gasteiger partial charge < -0.3 is 33.8 Å². The summed E-state index contributed by atoms with van der Waals surface area (Å²) in [5.41, 5.74) is 0. The molecule has 5 unspecified atom stereocenters. The van der Waals surface area contributed by atoms with Crippen LogP contribution in [0.15, 0.2) is 134 Å². The molecule has 0 radical (unpaired) electrons. The van der Waals surface area contributed by atoms with Crippen molar-refractivity contribution in [3.05, 3.63) is 134 Å². The van der Waals surface area contributed by atoms with Gasteiger partial charge in [-0.3, -0.25) is 37.3 Å². The van der Waals surface area contributed by atoms with Crippen molar-refractivity contribution in [2.24, 2.45) is 0 Å². The molecule has 0 amide bonds. The van der Waals surface area contributed by atoms with Crippen molar-refractivity contribution in [2.75, 3.05) is 39.6 Å². The summed E-state index contributed by atoms with van der Waals surface area (Å²) in [4.78, 5) is 73.0. The lowest BCUT2D eigenvalue weighted by atomic mass is 10.1. The zero-order chi connectivity index (χ0) is 76.0. The Balaban J connectivity index is 5.39. The second-order valence-electron chi connectivity index (χ2n) is 26.6. The first kappa shape index (κ1) is 99.2. The Labute approximate surface area is 631 Å². The van der Waals surface area contributed by atoms with Crippen molar-refractivity contribution >= 4 is 39.5 Å². The van der Waals surface area contributed by atoms with E-state index in [1.807, 2.05) is 0 Å². The molecule has 0 aromatic rings. The number of unbranched alkanes of at least 4 members (excludes halogenated alkanes) is 27. The quantitative estimate of drug-likeness (QED) is 0.0169. The Kier molecular flexibility index (Phi) is 72.9. The lowest BCUT2D eigenvalue weighted by Gasteiger charge is -2.21. The number of phosphoric ester groups is 2. The van der Waals surface area contributed by atoms with E-state index in [4.69, 9.17) is 37.0 Å². The fraction of sp³-hybridized carbons (Fsp3) is 0.694. The van der Waals surface area contributed by atoms with Crippen LogP contribution in [0, 0.1) is 0 Å². The highest BCUT2D eigenvalue weighted by molar-refractivity contribution is 7.47. The number of hydrogen-bond acceptors (Lipinski definition) is 15. The molecule has 0 bridgehead atoms. The number of phosphoric acid groups is 2. The summed E-state index contributed by atoms with van der Waals surface area (Å²) in [7, 11) is -9.98. The number of esters is 4. The molecule has 0 saturated carbocycles. The Morgan fingerprint density at radius 3 is 0.817 bits per heavy atom. The van der Waals surface area contributed by atoms with Gasteiger partial charge in [0, 0.05) is 25.7 Å². The summed E-state index contributed by atoms with van der Waals surface area (Å²) in [6.45, 7) is 4.54. The first-order valence-electron chi connectivity index (χ1n) is 40.4. The molecule has 5 atom stereocenters. The zero-order valence-electron chi connectivity index (χ0n) is 65.2. The summed E-state index contributed by atoms with van der Waals surface area (Å²) in [6.07, 6.45) is 85.7. The summed E-state index contributed by atoms with van der Waals surface area (Å²) in [5.74, 6) is -2.25. The molecule has 0 aromatic heterocycles. The van der Waals surface area contributed by atoms with Crippen molar-refractivity contribution in [3.63, 3.8) is 0 Å². The minimum atomic E-state index is -4.99.